The molecular formula is C12H12N6O2S2. The van der Waals surface area contributed by atoms with Gasteiger partial charge in [-0.1, -0.05) is 6.07 Å². The van der Waals surface area contributed by atoms with E-state index in [2.05, 4.69) is 18.9 Å². The van der Waals surface area contributed by atoms with Crippen molar-refractivity contribution in [1.82, 2.24) is 28.0 Å². The molecule has 10 heteroatoms. The molecule has 3 heterocycles. The number of nitrogens with zero attached hydrogens (tertiary/aromatic N) is 6. The van der Waals surface area contributed by atoms with Crippen LogP contribution in [-0.4, -0.2) is 49.6 Å². The molecule has 1 fully saturated rings. The summed E-state index contributed by atoms with van der Waals surface area (Å²) in [5.41, 5.74) is 1.05. The van der Waals surface area contributed by atoms with Gasteiger partial charge in [0.05, 0.1) is 30.2 Å². The first-order valence-corrected chi connectivity index (χ1v) is 8.90. The van der Waals surface area contributed by atoms with E-state index in [-0.39, 0.29) is 10.9 Å². The first-order chi connectivity index (χ1) is 10.7. The standard InChI is InChI=1S/C12H12N6O2S2/c19-22(20,11-3-1-2-10-12(11)16-21-15-10)17-7-4-9(8-17)18-13-5-6-14-18/h1-3,5-6,9H,4,7-8H2. The molecule has 22 heavy (non-hydrogen) atoms. The molecule has 1 aliphatic heterocycles. The minimum atomic E-state index is -3.59. The van der Waals surface area contributed by atoms with Crippen LogP contribution in [0.4, 0.5) is 0 Å². The molecule has 1 aliphatic rings. The van der Waals surface area contributed by atoms with Crippen LogP contribution in [0, 0.1) is 0 Å². The first kappa shape index (κ1) is 13.7. The molecule has 0 saturated carbocycles. The van der Waals surface area contributed by atoms with Crippen molar-refractivity contribution in [2.24, 2.45) is 0 Å². The van der Waals surface area contributed by atoms with E-state index in [0.29, 0.717) is 30.5 Å². The summed E-state index contributed by atoms with van der Waals surface area (Å²) in [7, 11) is -3.59. The highest BCUT2D eigenvalue weighted by molar-refractivity contribution is 7.89. The molecule has 1 aromatic carbocycles. The van der Waals surface area contributed by atoms with Gasteiger partial charge in [0, 0.05) is 13.1 Å². The fourth-order valence-corrected chi connectivity index (χ4v) is 4.91. The predicted molar refractivity (Wildman–Crippen MR) is 79.8 cm³/mol. The number of hydrogen-bond donors (Lipinski definition) is 0. The minimum Gasteiger partial charge on any atom is -0.207 e. The van der Waals surface area contributed by atoms with E-state index in [4.69, 9.17) is 0 Å². The molecule has 114 valence electrons. The number of aromatic nitrogens is 5. The average molecular weight is 336 g/mol. The summed E-state index contributed by atoms with van der Waals surface area (Å²) in [4.78, 5) is 1.79. The van der Waals surface area contributed by atoms with Gasteiger partial charge >= 0.3 is 0 Å². The highest BCUT2D eigenvalue weighted by Crippen LogP contribution is 2.29. The van der Waals surface area contributed by atoms with E-state index in [9.17, 15) is 8.42 Å². The summed E-state index contributed by atoms with van der Waals surface area (Å²) >= 11 is 1.02. The monoisotopic (exact) mass is 336 g/mol. The Bertz CT molecular complexity index is 905. The van der Waals surface area contributed by atoms with Crippen LogP contribution in [-0.2, 0) is 10.0 Å². The van der Waals surface area contributed by atoms with E-state index in [0.717, 1.165) is 11.7 Å². The molecular weight excluding hydrogens is 324 g/mol. The molecule has 1 unspecified atom stereocenters. The summed E-state index contributed by atoms with van der Waals surface area (Å²) in [6, 6.07) is 5.01. The number of sulfonamides is 1. The van der Waals surface area contributed by atoms with E-state index in [1.807, 2.05) is 0 Å². The lowest BCUT2D eigenvalue weighted by Crippen LogP contribution is -2.29. The van der Waals surface area contributed by atoms with Crippen LogP contribution in [0.5, 0.6) is 0 Å². The lowest BCUT2D eigenvalue weighted by atomic mass is 10.3. The van der Waals surface area contributed by atoms with Crippen molar-refractivity contribution in [1.29, 1.82) is 0 Å². The maximum Gasteiger partial charge on any atom is 0.245 e. The zero-order valence-electron chi connectivity index (χ0n) is 11.4. The highest BCUT2D eigenvalue weighted by Gasteiger charge is 2.35. The molecule has 1 saturated heterocycles. The van der Waals surface area contributed by atoms with Gasteiger partial charge in [-0.05, 0) is 18.6 Å². The van der Waals surface area contributed by atoms with Crippen molar-refractivity contribution >= 4 is 32.8 Å². The zero-order valence-corrected chi connectivity index (χ0v) is 13.0. The molecule has 0 N–H and O–H groups in total. The average Bonchev–Trinajstić information content (AvgIpc) is 3.25. The molecule has 0 aliphatic carbocycles. The first-order valence-electron chi connectivity index (χ1n) is 6.73. The summed E-state index contributed by atoms with van der Waals surface area (Å²) in [6.45, 7) is 0.813. The fourth-order valence-electron chi connectivity index (χ4n) is 2.66. The lowest BCUT2D eigenvalue weighted by molar-refractivity contribution is 0.402. The summed E-state index contributed by atoms with van der Waals surface area (Å²) in [5, 5.41) is 8.19. The lowest BCUT2D eigenvalue weighted by Gasteiger charge is -2.16. The smallest absolute Gasteiger partial charge is 0.207 e. The van der Waals surface area contributed by atoms with Gasteiger partial charge in [0.2, 0.25) is 10.0 Å². The van der Waals surface area contributed by atoms with Gasteiger partial charge in [0.1, 0.15) is 15.9 Å². The van der Waals surface area contributed by atoms with Crippen LogP contribution in [0.15, 0.2) is 35.5 Å². The molecule has 4 rings (SSSR count). The third-order valence-corrected chi connectivity index (χ3v) is 6.20. The van der Waals surface area contributed by atoms with E-state index in [1.165, 1.54) is 4.31 Å². The van der Waals surface area contributed by atoms with Crippen LogP contribution in [0.25, 0.3) is 11.0 Å². The van der Waals surface area contributed by atoms with Crippen molar-refractivity contribution < 1.29 is 8.42 Å². The second-order valence-corrected chi connectivity index (χ2v) is 7.48. The third kappa shape index (κ3) is 2.11. The van der Waals surface area contributed by atoms with Crippen molar-refractivity contribution in [3.8, 4) is 0 Å². The number of benzene rings is 1. The minimum absolute atomic E-state index is 0.0301. The topological polar surface area (TPSA) is 93.9 Å². The van der Waals surface area contributed by atoms with Crippen LogP contribution in [0.1, 0.15) is 12.5 Å². The van der Waals surface area contributed by atoms with Gasteiger partial charge in [-0.3, -0.25) is 0 Å². The fraction of sp³-hybridized carbons (Fsp3) is 0.333. The third-order valence-electron chi connectivity index (χ3n) is 3.76. The van der Waals surface area contributed by atoms with Crippen LogP contribution < -0.4 is 0 Å². The van der Waals surface area contributed by atoms with Gasteiger partial charge in [0.25, 0.3) is 0 Å². The molecule has 8 nitrogen and oxygen atoms in total. The van der Waals surface area contributed by atoms with E-state index >= 15 is 0 Å². The summed E-state index contributed by atoms with van der Waals surface area (Å²) < 4.78 is 35.4. The summed E-state index contributed by atoms with van der Waals surface area (Å²) in [6.07, 6.45) is 3.89. The Morgan fingerprint density at radius 3 is 2.82 bits per heavy atom. The van der Waals surface area contributed by atoms with Crippen molar-refractivity contribution in [3.05, 3.63) is 30.6 Å². The van der Waals surface area contributed by atoms with E-state index in [1.54, 1.807) is 35.4 Å². The van der Waals surface area contributed by atoms with Crippen LogP contribution in [0.3, 0.4) is 0 Å². The van der Waals surface area contributed by atoms with Crippen molar-refractivity contribution in [2.75, 3.05) is 13.1 Å². The second-order valence-electron chi connectivity index (χ2n) is 5.04. The van der Waals surface area contributed by atoms with Gasteiger partial charge in [-0.2, -0.15) is 28.0 Å². The Morgan fingerprint density at radius 2 is 2.00 bits per heavy atom. The van der Waals surface area contributed by atoms with Crippen LogP contribution in [0.2, 0.25) is 0 Å². The Labute approximate surface area is 130 Å². The Hall–Kier alpha value is -1.91. The Balaban J connectivity index is 1.69. The van der Waals surface area contributed by atoms with Gasteiger partial charge in [0.15, 0.2) is 0 Å². The van der Waals surface area contributed by atoms with Crippen molar-refractivity contribution in [2.45, 2.75) is 17.4 Å². The maximum atomic E-state index is 12.9. The SMILES string of the molecule is O=S(=O)(c1cccc2nsnc12)N1CCC(n2nccn2)C1. The van der Waals surface area contributed by atoms with E-state index < -0.39 is 10.0 Å². The van der Waals surface area contributed by atoms with Gasteiger partial charge < -0.3 is 0 Å². The highest BCUT2D eigenvalue weighted by atomic mass is 32.2. The molecule has 3 aromatic rings. The quantitative estimate of drug-likeness (QED) is 0.706. The van der Waals surface area contributed by atoms with Gasteiger partial charge in [-0.15, -0.1) is 0 Å². The Morgan fingerprint density at radius 1 is 1.18 bits per heavy atom. The van der Waals surface area contributed by atoms with Gasteiger partial charge in [-0.25, -0.2) is 8.42 Å². The molecule has 0 bridgehead atoms. The van der Waals surface area contributed by atoms with Crippen LogP contribution >= 0.6 is 11.7 Å². The molecule has 0 amide bonds. The maximum absolute atomic E-state index is 12.9. The summed E-state index contributed by atoms with van der Waals surface area (Å²) in [5.74, 6) is 0. The second kappa shape index (κ2) is 5.07. The molecule has 0 radical (unpaired) electrons. The largest absolute Gasteiger partial charge is 0.245 e. The number of rotatable bonds is 3. The molecule has 1 atom stereocenters. The number of hydrogen-bond acceptors (Lipinski definition) is 7. The molecule has 2 aromatic heterocycles. The molecule has 0 spiro atoms. The Kier molecular flexibility index (Phi) is 3.17. The zero-order chi connectivity index (χ0) is 15.2. The van der Waals surface area contributed by atoms with Crippen molar-refractivity contribution in [3.63, 3.8) is 0 Å². The predicted octanol–water partition coefficient (Wildman–Crippen LogP) is 0.918. The normalized spacial score (nSPS) is 19.9. The number of fused-ring (bicyclic) bond motifs is 1.